The van der Waals surface area contributed by atoms with Gasteiger partial charge in [-0.15, -0.1) is 0 Å². The van der Waals surface area contributed by atoms with Crippen LogP contribution >= 0.6 is 0 Å². The first-order chi connectivity index (χ1) is 5.61. The minimum Gasteiger partial charge on any atom is -0.429 e. The topological polar surface area (TPSA) is 29.5 Å². The van der Waals surface area contributed by atoms with E-state index in [2.05, 4.69) is 20.4 Å². The summed E-state index contributed by atoms with van der Waals surface area (Å²) in [5.41, 5.74) is 1.24. The van der Waals surface area contributed by atoms with E-state index < -0.39 is 0 Å². The molecule has 1 N–H and O–H groups in total. The van der Waals surface area contributed by atoms with Crippen LogP contribution in [0.2, 0.25) is 0 Å². The second-order valence-corrected chi connectivity index (χ2v) is 3.20. The summed E-state index contributed by atoms with van der Waals surface area (Å²) >= 11 is 0. The van der Waals surface area contributed by atoms with Crippen molar-refractivity contribution in [3.63, 3.8) is 0 Å². The molecule has 0 saturated carbocycles. The lowest BCUT2D eigenvalue weighted by atomic mass is 9.94. The third-order valence-electron chi connectivity index (χ3n) is 2.13. The monoisotopic (exact) mass is 169 g/mol. The maximum atomic E-state index is 8.38. The third-order valence-corrected chi connectivity index (χ3v) is 2.13. The first-order valence-corrected chi connectivity index (χ1v) is 4.40. The average Bonchev–Trinajstić information content (AvgIpc) is 2.03. The van der Waals surface area contributed by atoms with Crippen molar-refractivity contribution in [1.82, 2.24) is 0 Å². The Bertz CT molecular complexity index is 136. The van der Waals surface area contributed by atoms with Crippen molar-refractivity contribution in [3.8, 4) is 0 Å². The Morgan fingerprint density at radius 1 is 1.58 bits per heavy atom. The lowest BCUT2D eigenvalue weighted by molar-refractivity contribution is 0.178. The number of allylic oxidation sites excluding steroid dienone is 1. The molecule has 0 fully saturated rings. The molecule has 12 heavy (non-hydrogen) atoms. The molecule has 0 aliphatic carbocycles. The van der Waals surface area contributed by atoms with Gasteiger partial charge in [0, 0.05) is 6.10 Å². The van der Waals surface area contributed by atoms with Crippen molar-refractivity contribution >= 4 is 7.69 Å². The highest BCUT2D eigenvalue weighted by Gasteiger charge is 2.10. The highest BCUT2D eigenvalue weighted by molar-refractivity contribution is 6.15. The van der Waals surface area contributed by atoms with Crippen LogP contribution in [-0.2, 0) is 4.65 Å². The minimum absolute atomic E-state index is 0.0632. The lowest BCUT2D eigenvalue weighted by Gasteiger charge is -2.17. The molecule has 0 aromatic carbocycles. The van der Waals surface area contributed by atoms with Crippen molar-refractivity contribution in [2.45, 2.75) is 39.7 Å². The predicted octanol–water partition coefficient (Wildman–Crippen LogP) is 1.91. The Labute approximate surface area is 75.9 Å². The molecule has 0 saturated heterocycles. The molecule has 3 heteroatoms. The summed E-state index contributed by atoms with van der Waals surface area (Å²) in [4.78, 5) is 0. The quantitative estimate of drug-likeness (QED) is 0.486. The van der Waals surface area contributed by atoms with E-state index in [1.165, 1.54) is 5.57 Å². The summed E-state index contributed by atoms with van der Waals surface area (Å²) < 4.78 is 4.90. The van der Waals surface area contributed by atoms with Gasteiger partial charge in [0.25, 0.3) is 0 Å². The standard InChI is InChI=1S/C9H18BO2/c1-5-7(2)8(3)6-9(4)12-10-11/h8-9,11H,2,5-6H2,1,3-4H3. The highest BCUT2D eigenvalue weighted by atomic mass is 16.5. The molecule has 0 amide bonds. The largest absolute Gasteiger partial charge is 0.485 e. The SMILES string of the molecule is C=C(CC)C(C)CC(C)O[B]O. The maximum absolute atomic E-state index is 8.38. The molecule has 0 aliphatic rings. The van der Waals surface area contributed by atoms with E-state index >= 15 is 0 Å². The molecule has 0 aromatic rings. The molecule has 1 radical (unpaired) electrons. The van der Waals surface area contributed by atoms with Crippen molar-refractivity contribution in [3.05, 3.63) is 12.2 Å². The molecule has 69 valence electrons. The average molecular weight is 169 g/mol. The first kappa shape index (κ1) is 11.7. The lowest BCUT2D eigenvalue weighted by Crippen LogP contribution is -2.15. The van der Waals surface area contributed by atoms with E-state index in [0.717, 1.165) is 20.5 Å². The van der Waals surface area contributed by atoms with Crippen LogP contribution in [-0.4, -0.2) is 18.8 Å². The molecule has 2 unspecified atom stereocenters. The van der Waals surface area contributed by atoms with E-state index in [0.29, 0.717) is 5.92 Å². The Hall–Kier alpha value is -0.275. The minimum atomic E-state index is 0.0632. The zero-order valence-electron chi connectivity index (χ0n) is 8.21. The number of rotatable bonds is 6. The summed E-state index contributed by atoms with van der Waals surface area (Å²) in [5, 5.41) is 8.38. The van der Waals surface area contributed by atoms with Crippen LogP contribution in [0.15, 0.2) is 12.2 Å². The molecule has 0 bridgehead atoms. The molecule has 2 atom stereocenters. The predicted molar refractivity (Wildman–Crippen MR) is 51.7 cm³/mol. The van der Waals surface area contributed by atoms with E-state index in [1.807, 2.05) is 6.92 Å². The van der Waals surface area contributed by atoms with Crippen LogP contribution in [0.5, 0.6) is 0 Å². The van der Waals surface area contributed by atoms with Crippen LogP contribution in [0.1, 0.15) is 33.6 Å². The molecule has 0 rings (SSSR count). The van der Waals surface area contributed by atoms with Crippen molar-refractivity contribution in [2.75, 3.05) is 0 Å². The summed E-state index contributed by atoms with van der Waals surface area (Å²) in [5.74, 6) is 0.463. The molecular weight excluding hydrogens is 151 g/mol. The van der Waals surface area contributed by atoms with Crippen LogP contribution in [0.25, 0.3) is 0 Å². The molecule has 2 nitrogen and oxygen atoms in total. The molecular formula is C9H18BO2. The first-order valence-electron chi connectivity index (χ1n) is 4.40. The summed E-state index contributed by atoms with van der Waals surface area (Å²) in [6, 6.07) is 0. The molecule has 0 aromatic heterocycles. The van der Waals surface area contributed by atoms with Crippen LogP contribution in [0.3, 0.4) is 0 Å². The number of hydrogen-bond donors (Lipinski definition) is 1. The van der Waals surface area contributed by atoms with Crippen LogP contribution < -0.4 is 0 Å². The van der Waals surface area contributed by atoms with Crippen LogP contribution in [0.4, 0.5) is 0 Å². The second-order valence-electron chi connectivity index (χ2n) is 3.20. The maximum Gasteiger partial charge on any atom is 0.485 e. The molecule has 0 heterocycles. The van der Waals surface area contributed by atoms with Crippen molar-refractivity contribution in [2.24, 2.45) is 5.92 Å². The Morgan fingerprint density at radius 3 is 2.58 bits per heavy atom. The zero-order valence-corrected chi connectivity index (χ0v) is 8.21. The van der Waals surface area contributed by atoms with Gasteiger partial charge in [-0.3, -0.25) is 0 Å². The van der Waals surface area contributed by atoms with Gasteiger partial charge in [0.05, 0.1) is 0 Å². The van der Waals surface area contributed by atoms with Crippen LogP contribution in [0, 0.1) is 5.92 Å². The van der Waals surface area contributed by atoms with Gasteiger partial charge in [0.1, 0.15) is 0 Å². The summed E-state index contributed by atoms with van der Waals surface area (Å²) in [6.45, 7) is 10.1. The van der Waals surface area contributed by atoms with Crippen molar-refractivity contribution < 1.29 is 9.68 Å². The molecule has 0 aliphatic heterocycles. The third kappa shape index (κ3) is 4.57. The van der Waals surface area contributed by atoms with Gasteiger partial charge in [-0.1, -0.05) is 26.0 Å². The van der Waals surface area contributed by atoms with E-state index in [1.54, 1.807) is 0 Å². The highest BCUT2D eigenvalue weighted by Crippen LogP contribution is 2.18. The van der Waals surface area contributed by atoms with Gasteiger partial charge in [-0.25, -0.2) is 0 Å². The fourth-order valence-corrected chi connectivity index (χ4v) is 1.17. The van der Waals surface area contributed by atoms with E-state index in [-0.39, 0.29) is 6.10 Å². The van der Waals surface area contributed by atoms with Gasteiger partial charge in [-0.2, -0.15) is 0 Å². The summed E-state index contributed by atoms with van der Waals surface area (Å²) in [7, 11) is 0.756. The Balaban J connectivity index is 3.67. The van der Waals surface area contributed by atoms with Gasteiger partial charge in [-0.05, 0) is 25.7 Å². The second kappa shape index (κ2) is 6.26. The van der Waals surface area contributed by atoms with Gasteiger partial charge >= 0.3 is 7.69 Å². The van der Waals surface area contributed by atoms with Gasteiger partial charge < -0.3 is 9.68 Å². The smallest absolute Gasteiger partial charge is 0.429 e. The number of hydrogen-bond acceptors (Lipinski definition) is 2. The van der Waals surface area contributed by atoms with E-state index in [9.17, 15) is 0 Å². The summed E-state index contributed by atoms with van der Waals surface area (Å²) in [6.07, 6.45) is 1.98. The fourth-order valence-electron chi connectivity index (χ4n) is 1.17. The van der Waals surface area contributed by atoms with Gasteiger partial charge in [0.2, 0.25) is 0 Å². The van der Waals surface area contributed by atoms with E-state index in [4.69, 9.17) is 9.68 Å². The Morgan fingerprint density at radius 2 is 2.17 bits per heavy atom. The molecule has 0 spiro atoms. The van der Waals surface area contributed by atoms with Crippen molar-refractivity contribution in [1.29, 1.82) is 0 Å². The Kier molecular flexibility index (Phi) is 6.12. The normalized spacial score (nSPS) is 15.3. The van der Waals surface area contributed by atoms with Gasteiger partial charge in [0.15, 0.2) is 0 Å². The fraction of sp³-hybridized carbons (Fsp3) is 0.778. The zero-order chi connectivity index (χ0) is 9.56.